The lowest BCUT2D eigenvalue weighted by Gasteiger charge is -2.16. The summed E-state index contributed by atoms with van der Waals surface area (Å²) in [4.78, 5) is 25.0. The topological polar surface area (TPSA) is 65.6 Å². The first-order chi connectivity index (χ1) is 17.3. The summed E-state index contributed by atoms with van der Waals surface area (Å²) < 4.78 is 37.0. The molecule has 3 aromatic heterocycles. The predicted octanol–water partition coefficient (Wildman–Crippen LogP) is 4.44. The molecule has 36 heavy (non-hydrogen) atoms. The van der Waals surface area contributed by atoms with Gasteiger partial charge in [0.25, 0.3) is 5.56 Å². The Bertz CT molecular complexity index is 1670. The fraction of sp³-hybridized carbons (Fsp3) is 0.148. The Morgan fingerprint density at radius 3 is 2.75 bits per heavy atom. The largest absolute Gasteiger partial charge is 0.465 e. The Balaban J connectivity index is 1.74. The highest BCUT2D eigenvalue weighted by molar-refractivity contribution is 9.10. The van der Waals surface area contributed by atoms with E-state index in [0.29, 0.717) is 15.6 Å². The molecule has 0 aliphatic heterocycles. The average molecular weight is 550 g/mol. The maximum Gasteiger partial charge on any atom is 0.339 e. The molecule has 3 heterocycles. The van der Waals surface area contributed by atoms with Crippen LogP contribution >= 0.6 is 15.9 Å². The Labute approximate surface area is 213 Å². The number of carbonyl (C=O) groups excluding carboxylic acids is 1. The lowest BCUT2D eigenvalue weighted by Crippen LogP contribution is -2.23. The zero-order chi connectivity index (χ0) is 25.8. The molecule has 1 aromatic carbocycles. The van der Waals surface area contributed by atoms with Crippen molar-refractivity contribution in [2.24, 2.45) is 7.05 Å². The van der Waals surface area contributed by atoms with Gasteiger partial charge in [0.2, 0.25) is 0 Å². The highest BCUT2D eigenvalue weighted by Crippen LogP contribution is 2.28. The quantitative estimate of drug-likeness (QED) is 0.279. The molecule has 0 saturated heterocycles. The third-order valence-corrected chi connectivity index (χ3v) is 6.13. The van der Waals surface area contributed by atoms with Gasteiger partial charge in [-0.15, -0.1) is 0 Å². The molecule has 4 rings (SSSR count). The number of ether oxygens (including phenoxy) is 1. The standard InChI is InChI=1S/C27H18BrF2N3O3/c1-32-13-6-9-20(26(32)34)18(22-15-17(29)10-11-24(22)30)7-4-3-5-8-19-21(27(35)36-2)12-14-33-25(19)23(28)16-31-33/h6,9-16,18H,7H2,1-2H3. The number of pyridine rings is 2. The maximum atomic E-state index is 14.6. The summed E-state index contributed by atoms with van der Waals surface area (Å²) >= 11 is 3.40. The lowest BCUT2D eigenvalue weighted by molar-refractivity contribution is 0.0600. The smallest absolute Gasteiger partial charge is 0.339 e. The molecule has 1 atom stereocenters. The highest BCUT2D eigenvalue weighted by Gasteiger charge is 2.21. The van der Waals surface area contributed by atoms with Gasteiger partial charge in [-0.05, 0) is 69.6 Å². The molecule has 4 aromatic rings. The summed E-state index contributed by atoms with van der Waals surface area (Å²) in [5.41, 5.74) is 1.16. The number of carbonyl (C=O) groups is 1. The fourth-order valence-corrected chi connectivity index (χ4v) is 4.27. The second-order valence-electron chi connectivity index (χ2n) is 7.74. The number of aryl methyl sites for hydroxylation is 1. The molecular weight excluding hydrogens is 532 g/mol. The molecule has 180 valence electrons. The van der Waals surface area contributed by atoms with Crippen LogP contribution in [0.2, 0.25) is 0 Å². The van der Waals surface area contributed by atoms with Gasteiger partial charge < -0.3 is 9.30 Å². The van der Waals surface area contributed by atoms with E-state index in [1.54, 1.807) is 48.4 Å². The van der Waals surface area contributed by atoms with Gasteiger partial charge in [-0.1, -0.05) is 12.0 Å². The van der Waals surface area contributed by atoms with Crippen LogP contribution in [0.5, 0.6) is 0 Å². The number of hydrogen-bond acceptors (Lipinski definition) is 4. The average Bonchev–Trinajstić information content (AvgIpc) is 3.25. The summed E-state index contributed by atoms with van der Waals surface area (Å²) in [6.45, 7) is 0. The molecule has 0 N–H and O–H groups in total. The van der Waals surface area contributed by atoms with Gasteiger partial charge in [0.15, 0.2) is 0 Å². The third kappa shape index (κ3) is 4.93. The van der Waals surface area contributed by atoms with Crippen molar-refractivity contribution in [3.05, 3.63) is 104 Å². The van der Waals surface area contributed by atoms with Crippen molar-refractivity contribution in [3.63, 3.8) is 0 Å². The van der Waals surface area contributed by atoms with Gasteiger partial charge in [-0.2, -0.15) is 5.10 Å². The van der Waals surface area contributed by atoms with E-state index in [-0.39, 0.29) is 28.7 Å². The van der Waals surface area contributed by atoms with Crippen molar-refractivity contribution < 1.29 is 18.3 Å². The molecule has 9 heteroatoms. The monoisotopic (exact) mass is 549 g/mol. The van der Waals surface area contributed by atoms with Crippen LogP contribution in [-0.2, 0) is 11.8 Å². The summed E-state index contributed by atoms with van der Waals surface area (Å²) in [6.07, 6.45) is 4.78. The Morgan fingerprint density at radius 1 is 1.17 bits per heavy atom. The number of fused-ring (bicyclic) bond motifs is 1. The number of aromatic nitrogens is 3. The van der Waals surface area contributed by atoms with Crippen molar-refractivity contribution in [2.45, 2.75) is 12.3 Å². The van der Waals surface area contributed by atoms with Crippen molar-refractivity contribution in [1.29, 1.82) is 0 Å². The zero-order valence-corrected chi connectivity index (χ0v) is 20.8. The zero-order valence-electron chi connectivity index (χ0n) is 19.2. The van der Waals surface area contributed by atoms with Crippen molar-refractivity contribution >= 4 is 27.4 Å². The fourth-order valence-electron chi connectivity index (χ4n) is 3.79. The molecule has 6 nitrogen and oxygen atoms in total. The molecule has 0 fully saturated rings. The lowest BCUT2D eigenvalue weighted by atomic mass is 9.89. The van der Waals surface area contributed by atoms with Crippen LogP contribution in [0.15, 0.2) is 64.3 Å². The summed E-state index contributed by atoms with van der Waals surface area (Å²) in [5, 5.41) is 4.19. The van der Waals surface area contributed by atoms with Crippen LogP contribution in [0.4, 0.5) is 8.78 Å². The predicted molar refractivity (Wildman–Crippen MR) is 133 cm³/mol. The van der Waals surface area contributed by atoms with E-state index in [0.717, 1.165) is 18.2 Å². The van der Waals surface area contributed by atoms with Crippen LogP contribution in [0.3, 0.4) is 0 Å². The minimum absolute atomic E-state index is 0.0126. The second kappa shape index (κ2) is 10.6. The number of benzene rings is 1. The molecule has 1 unspecified atom stereocenters. The van der Waals surface area contributed by atoms with Gasteiger partial charge in [-0.3, -0.25) is 4.79 Å². The first-order valence-electron chi connectivity index (χ1n) is 10.6. The maximum absolute atomic E-state index is 14.6. The molecule has 0 saturated carbocycles. The molecule has 0 spiro atoms. The Hall–Kier alpha value is -4.21. The van der Waals surface area contributed by atoms with Crippen molar-refractivity contribution in [2.75, 3.05) is 7.11 Å². The van der Waals surface area contributed by atoms with Gasteiger partial charge in [0, 0.05) is 37.3 Å². The SMILES string of the molecule is COC(=O)c1ccn2ncc(Br)c2c1C#CC#CCC(c1cc(F)ccc1F)c1cccn(C)c1=O. The first kappa shape index (κ1) is 24.9. The van der Waals surface area contributed by atoms with E-state index >= 15 is 0 Å². The van der Waals surface area contributed by atoms with Crippen LogP contribution < -0.4 is 5.56 Å². The van der Waals surface area contributed by atoms with E-state index in [1.165, 1.54) is 11.7 Å². The molecular formula is C27H18BrF2N3O3. The van der Waals surface area contributed by atoms with Crippen LogP contribution in [0.25, 0.3) is 5.52 Å². The summed E-state index contributed by atoms with van der Waals surface area (Å²) in [5.74, 6) is 8.50. The number of halogens is 3. The number of hydrogen-bond donors (Lipinski definition) is 0. The second-order valence-corrected chi connectivity index (χ2v) is 8.59. The van der Waals surface area contributed by atoms with Gasteiger partial charge >= 0.3 is 5.97 Å². The van der Waals surface area contributed by atoms with Crippen molar-refractivity contribution in [3.8, 4) is 23.7 Å². The number of nitrogens with zero attached hydrogens (tertiary/aromatic N) is 3. The van der Waals surface area contributed by atoms with E-state index in [4.69, 9.17) is 4.74 Å². The van der Waals surface area contributed by atoms with E-state index in [9.17, 15) is 18.4 Å². The third-order valence-electron chi connectivity index (χ3n) is 5.55. The molecule has 0 bridgehead atoms. The molecule has 0 amide bonds. The number of rotatable bonds is 4. The molecule has 0 aliphatic rings. The van der Waals surface area contributed by atoms with Crippen LogP contribution in [-0.4, -0.2) is 27.3 Å². The van der Waals surface area contributed by atoms with Crippen LogP contribution in [0, 0.1) is 35.3 Å². The van der Waals surface area contributed by atoms with Crippen molar-refractivity contribution in [1.82, 2.24) is 14.2 Å². The van der Waals surface area contributed by atoms with E-state index in [2.05, 4.69) is 44.7 Å². The van der Waals surface area contributed by atoms with E-state index < -0.39 is 23.5 Å². The van der Waals surface area contributed by atoms with Gasteiger partial charge in [-0.25, -0.2) is 18.1 Å². The molecule has 0 radical (unpaired) electrons. The minimum Gasteiger partial charge on any atom is -0.465 e. The summed E-state index contributed by atoms with van der Waals surface area (Å²) in [6, 6.07) is 7.89. The van der Waals surface area contributed by atoms with Gasteiger partial charge in [0.05, 0.1) is 34.4 Å². The summed E-state index contributed by atoms with van der Waals surface area (Å²) in [7, 11) is 2.85. The minimum atomic E-state index is -0.812. The number of esters is 1. The Morgan fingerprint density at radius 2 is 1.97 bits per heavy atom. The highest BCUT2D eigenvalue weighted by atomic mass is 79.9. The van der Waals surface area contributed by atoms with Crippen LogP contribution in [0.1, 0.15) is 39.4 Å². The van der Waals surface area contributed by atoms with Gasteiger partial charge in [0.1, 0.15) is 11.6 Å². The molecule has 0 aliphatic carbocycles. The normalized spacial score (nSPS) is 11.2. The Kier molecular flexibility index (Phi) is 7.33. The van der Waals surface area contributed by atoms with E-state index in [1.807, 2.05) is 0 Å². The number of methoxy groups -OCH3 is 1. The first-order valence-corrected chi connectivity index (χ1v) is 11.4.